The molecule has 13 nitrogen and oxygen atoms in total. The predicted molar refractivity (Wildman–Crippen MR) is 166 cm³/mol. The molecule has 46 heavy (non-hydrogen) atoms. The highest BCUT2D eigenvalue weighted by molar-refractivity contribution is 5.96. The highest BCUT2D eigenvalue weighted by atomic mass is 16.4. The highest BCUT2D eigenvalue weighted by Crippen LogP contribution is 2.45. The average molecular weight is 633 g/mol. The number of fused-ring (bicyclic) bond motifs is 1. The number of carbonyl (C=O) groups is 5. The summed E-state index contributed by atoms with van der Waals surface area (Å²) in [6.07, 6.45) is 4.11. The van der Waals surface area contributed by atoms with Crippen LogP contribution in [0.3, 0.4) is 0 Å². The van der Waals surface area contributed by atoms with Gasteiger partial charge in [0, 0.05) is 37.3 Å². The zero-order valence-electron chi connectivity index (χ0n) is 26.0. The van der Waals surface area contributed by atoms with Gasteiger partial charge in [0.25, 0.3) is 5.91 Å². The number of amides is 5. The van der Waals surface area contributed by atoms with Gasteiger partial charge >= 0.3 is 12.0 Å². The first-order chi connectivity index (χ1) is 21.7. The second-order valence-electron chi connectivity index (χ2n) is 13.3. The molecule has 13 heteroatoms. The van der Waals surface area contributed by atoms with Crippen LogP contribution in [-0.4, -0.2) is 86.1 Å². The molecule has 7 atom stereocenters. The number of urea groups is 1. The Kier molecular flexibility index (Phi) is 8.89. The minimum atomic E-state index is -1.52. The Balaban J connectivity index is 1.35. The van der Waals surface area contributed by atoms with Crippen LogP contribution >= 0.6 is 0 Å². The summed E-state index contributed by atoms with van der Waals surface area (Å²) in [4.78, 5) is 71.4. The van der Waals surface area contributed by atoms with Gasteiger partial charge < -0.3 is 36.4 Å². The number of nitrogens with one attached hydrogen (secondary N) is 4. The Morgan fingerprint density at radius 2 is 1.85 bits per heavy atom. The molecular formula is C33H40N6O7. The fourth-order valence-electron chi connectivity index (χ4n) is 6.36. The Bertz CT molecular complexity index is 1540. The molecule has 244 valence electrons. The third-order valence-electron chi connectivity index (χ3n) is 9.05. The van der Waals surface area contributed by atoms with Crippen molar-refractivity contribution in [1.29, 1.82) is 0 Å². The Hall–Kier alpha value is -4.78. The van der Waals surface area contributed by atoms with E-state index in [1.54, 1.807) is 32.9 Å². The third-order valence-corrected chi connectivity index (χ3v) is 9.05. The lowest BCUT2D eigenvalue weighted by molar-refractivity contribution is -0.144. The Morgan fingerprint density at radius 1 is 1.11 bits per heavy atom. The van der Waals surface area contributed by atoms with E-state index < -0.39 is 76.9 Å². The van der Waals surface area contributed by atoms with Crippen LogP contribution in [0.15, 0.2) is 61.4 Å². The van der Waals surface area contributed by atoms with Crippen LogP contribution in [0, 0.1) is 11.3 Å². The lowest BCUT2D eigenvalue weighted by Gasteiger charge is -2.34. The van der Waals surface area contributed by atoms with Crippen molar-refractivity contribution in [3.63, 3.8) is 0 Å². The molecule has 0 radical (unpaired) electrons. The van der Waals surface area contributed by atoms with Gasteiger partial charge in [-0.15, -0.1) is 6.58 Å². The quantitative estimate of drug-likeness (QED) is 0.223. The monoisotopic (exact) mass is 632 g/mol. The number of aromatic nitrogens is 1. The number of aliphatic hydroxyl groups is 1. The summed E-state index contributed by atoms with van der Waals surface area (Å²) in [5.74, 6) is -3.33. The van der Waals surface area contributed by atoms with E-state index in [0.717, 1.165) is 11.1 Å². The van der Waals surface area contributed by atoms with E-state index in [9.17, 15) is 34.2 Å². The van der Waals surface area contributed by atoms with E-state index in [1.165, 1.54) is 23.4 Å². The van der Waals surface area contributed by atoms with Gasteiger partial charge in [0.15, 0.2) is 0 Å². The van der Waals surface area contributed by atoms with E-state index in [4.69, 9.17) is 0 Å². The summed E-state index contributed by atoms with van der Waals surface area (Å²) in [7, 11) is 0. The third kappa shape index (κ3) is 6.45. The molecule has 5 rings (SSSR count). The van der Waals surface area contributed by atoms with Crippen LogP contribution in [0.4, 0.5) is 4.79 Å². The molecule has 5 amide bonds. The number of hydrogen-bond donors (Lipinski definition) is 6. The van der Waals surface area contributed by atoms with Gasteiger partial charge in [-0.25, -0.2) is 9.59 Å². The molecule has 1 aromatic heterocycles. The van der Waals surface area contributed by atoms with E-state index in [0.29, 0.717) is 12.0 Å². The van der Waals surface area contributed by atoms with Gasteiger partial charge in [0.2, 0.25) is 11.8 Å². The van der Waals surface area contributed by atoms with Crippen molar-refractivity contribution in [2.24, 2.45) is 11.3 Å². The molecule has 2 aromatic rings. The molecule has 2 unspecified atom stereocenters. The van der Waals surface area contributed by atoms with Crippen LogP contribution in [-0.2, 0) is 20.8 Å². The van der Waals surface area contributed by atoms with Gasteiger partial charge in [-0.2, -0.15) is 0 Å². The van der Waals surface area contributed by atoms with Crippen molar-refractivity contribution in [1.82, 2.24) is 31.2 Å². The van der Waals surface area contributed by atoms with Gasteiger partial charge in [-0.1, -0.05) is 51.1 Å². The van der Waals surface area contributed by atoms with Crippen molar-refractivity contribution < 1.29 is 34.2 Å². The minimum Gasteiger partial charge on any atom is -0.479 e. The first kappa shape index (κ1) is 32.6. The number of likely N-dealkylation sites (tertiary alicyclic amines) is 1. The normalized spacial score (nSPS) is 27.1. The second-order valence-corrected chi connectivity index (χ2v) is 13.3. The number of hydrogen-bond acceptors (Lipinski definition) is 7. The standard InChI is InChI=1S/C33H40N6O7/c1-5-20-15-33(20,30(44)45)38-28(42)23-14-21(35-27(41)19-10-8-12-34-16-19)17-39(23)31(46)37-26(32(2,3)4)29(43)36-25-22-11-7-6-9-18(22)13-24(25)40/h5-12,16,20-21,23-26,40H,1,13-15,17H2,2-4H3,(H,35,41)(H,36,43)(H,37,46)(H,38,42)(H,44,45)/t20?,21-,23+,24-,25?,26-,33-/m1/s1. The molecule has 1 saturated heterocycles. The number of benzene rings is 1. The first-order valence-electron chi connectivity index (χ1n) is 15.3. The number of carboxylic acid groups (broad SMARTS) is 1. The number of aliphatic carboxylic acids is 1. The fourth-order valence-corrected chi connectivity index (χ4v) is 6.36. The van der Waals surface area contributed by atoms with Crippen molar-refractivity contribution in [3.05, 3.63) is 78.1 Å². The largest absolute Gasteiger partial charge is 0.479 e. The number of carbonyl (C=O) groups excluding carboxylic acids is 4. The van der Waals surface area contributed by atoms with Gasteiger partial charge in [-0.3, -0.25) is 19.4 Å². The molecule has 1 aromatic carbocycles. The van der Waals surface area contributed by atoms with Crippen LogP contribution in [0.25, 0.3) is 0 Å². The molecule has 2 fully saturated rings. The number of aliphatic hydroxyl groups excluding tert-OH is 1. The van der Waals surface area contributed by atoms with Crippen LogP contribution in [0.5, 0.6) is 0 Å². The number of carboxylic acids is 1. The first-order valence-corrected chi connectivity index (χ1v) is 15.3. The van der Waals surface area contributed by atoms with Gasteiger partial charge in [0.1, 0.15) is 17.6 Å². The van der Waals surface area contributed by atoms with Crippen LogP contribution in [0.2, 0.25) is 0 Å². The van der Waals surface area contributed by atoms with E-state index in [-0.39, 0.29) is 19.4 Å². The summed E-state index contributed by atoms with van der Waals surface area (Å²) < 4.78 is 0. The summed E-state index contributed by atoms with van der Waals surface area (Å²) in [5, 5.41) is 31.7. The van der Waals surface area contributed by atoms with Crippen LogP contribution in [0.1, 0.15) is 61.1 Å². The van der Waals surface area contributed by atoms with E-state index >= 15 is 0 Å². The molecule has 0 bridgehead atoms. The summed E-state index contributed by atoms with van der Waals surface area (Å²) in [6.45, 7) is 8.91. The number of rotatable bonds is 9. The number of nitrogens with zero attached hydrogens (tertiary/aromatic N) is 2. The van der Waals surface area contributed by atoms with Crippen molar-refractivity contribution in [2.45, 2.75) is 75.8 Å². The highest BCUT2D eigenvalue weighted by Gasteiger charge is 2.61. The van der Waals surface area contributed by atoms with E-state index in [1.807, 2.05) is 24.3 Å². The molecule has 2 aliphatic carbocycles. The van der Waals surface area contributed by atoms with Crippen molar-refractivity contribution >= 4 is 29.7 Å². The molecule has 0 spiro atoms. The molecule has 3 aliphatic rings. The lowest BCUT2D eigenvalue weighted by Crippen LogP contribution is -2.60. The van der Waals surface area contributed by atoms with Gasteiger partial charge in [0.05, 0.1) is 17.7 Å². The van der Waals surface area contributed by atoms with E-state index in [2.05, 4.69) is 32.8 Å². The predicted octanol–water partition coefficient (Wildman–Crippen LogP) is 1.30. The minimum absolute atomic E-state index is 0.0111. The topological polar surface area (TPSA) is 190 Å². The Labute approximate surface area is 266 Å². The van der Waals surface area contributed by atoms with Crippen molar-refractivity contribution in [3.8, 4) is 0 Å². The van der Waals surface area contributed by atoms with Crippen LogP contribution < -0.4 is 21.3 Å². The smallest absolute Gasteiger partial charge is 0.330 e. The zero-order chi connectivity index (χ0) is 33.4. The average Bonchev–Trinajstić information content (AvgIpc) is 3.42. The molecule has 1 aliphatic heterocycles. The van der Waals surface area contributed by atoms with Crippen molar-refractivity contribution in [2.75, 3.05) is 6.54 Å². The Morgan fingerprint density at radius 3 is 2.48 bits per heavy atom. The summed E-state index contributed by atoms with van der Waals surface area (Å²) >= 11 is 0. The lowest BCUT2D eigenvalue weighted by atomic mass is 9.86. The second kappa shape index (κ2) is 12.5. The number of pyridine rings is 1. The van der Waals surface area contributed by atoms with Gasteiger partial charge in [-0.05, 0) is 41.5 Å². The molecule has 6 N–H and O–H groups in total. The molecular weight excluding hydrogens is 592 g/mol. The fraction of sp³-hybridized carbons (Fsp3) is 0.455. The summed E-state index contributed by atoms with van der Waals surface area (Å²) in [6, 6.07) is 6.34. The molecule has 2 heterocycles. The molecule has 1 saturated carbocycles. The maximum Gasteiger partial charge on any atom is 0.330 e. The SMILES string of the molecule is C=CC1C[C@]1(NC(=O)[C@@H]1C[C@@H](NC(=O)c2cccnc2)CN1C(=O)N[C@H](C(=O)NC1c2ccccc2C[C@H]1O)C(C)(C)C)C(=O)O. The zero-order valence-corrected chi connectivity index (χ0v) is 26.0. The maximum atomic E-state index is 13.9. The maximum absolute atomic E-state index is 13.9. The summed E-state index contributed by atoms with van der Waals surface area (Å²) in [5.41, 5.74) is -0.286.